The number of rotatable bonds is 5. The fraction of sp³-hybridized carbons (Fsp3) is 0.385. The molecule has 19 heavy (non-hydrogen) atoms. The van der Waals surface area contributed by atoms with E-state index in [1.165, 1.54) is 31.0 Å². The number of nitrogens with one attached hydrogen (secondary N) is 1. The van der Waals surface area contributed by atoms with E-state index < -0.39 is 0 Å². The van der Waals surface area contributed by atoms with Gasteiger partial charge in [-0.25, -0.2) is 4.39 Å². The van der Waals surface area contributed by atoms with E-state index in [0.29, 0.717) is 17.0 Å². The van der Waals surface area contributed by atoms with Crippen molar-refractivity contribution in [3.8, 4) is 0 Å². The van der Waals surface area contributed by atoms with Gasteiger partial charge in [-0.3, -0.25) is 9.59 Å². The summed E-state index contributed by atoms with van der Waals surface area (Å²) in [6.45, 7) is 1.64. The molecule has 1 aromatic carbocycles. The first-order valence-corrected chi connectivity index (χ1v) is 6.21. The number of halogens is 2. The average Bonchev–Trinajstić information content (AvgIpc) is 2.32. The van der Waals surface area contributed by atoms with Crippen LogP contribution in [0, 0.1) is 5.82 Å². The van der Waals surface area contributed by atoms with E-state index in [1.54, 1.807) is 6.07 Å². The van der Waals surface area contributed by atoms with Crippen LogP contribution in [-0.4, -0.2) is 36.9 Å². The summed E-state index contributed by atoms with van der Waals surface area (Å²) >= 11 is 5.87. The largest absolute Gasteiger partial charge is 0.354 e. The molecule has 0 radical (unpaired) electrons. The standard InChI is InChI=1S/C13H16ClFN2O2/c1-9(18)17(2)8-13(19)16-7-6-10-11(14)4-3-5-12(10)15/h3-5H,6-8H2,1-2H3,(H,16,19). The summed E-state index contributed by atoms with van der Waals surface area (Å²) in [5, 5.41) is 2.96. The Morgan fingerprint density at radius 2 is 2.11 bits per heavy atom. The van der Waals surface area contributed by atoms with Crippen molar-refractivity contribution in [2.45, 2.75) is 13.3 Å². The van der Waals surface area contributed by atoms with Crippen LogP contribution in [0.2, 0.25) is 5.02 Å². The van der Waals surface area contributed by atoms with Crippen LogP contribution in [0.25, 0.3) is 0 Å². The quantitative estimate of drug-likeness (QED) is 0.894. The smallest absolute Gasteiger partial charge is 0.239 e. The van der Waals surface area contributed by atoms with Gasteiger partial charge >= 0.3 is 0 Å². The molecule has 0 saturated heterocycles. The molecule has 1 N–H and O–H groups in total. The maximum Gasteiger partial charge on any atom is 0.239 e. The molecule has 0 aliphatic rings. The Morgan fingerprint density at radius 1 is 1.42 bits per heavy atom. The van der Waals surface area contributed by atoms with Crippen molar-refractivity contribution < 1.29 is 14.0 Å². The first-order chi connectivity index (χ1) is 8.91. The number of benzene rings is 1. The van der Waals surface area contributed by atoms with Gasteiger partial charge in [0.05, 0.1) is 6.54 Å². The van der Waals surface area contributed by atoms with E-state index in [1.807, 2.05) is 0 Å². The van der Waals surface area contributed by atoms with Gasteiger partial charge in [-0.2, -0.15) is 0 Å². The Hall–Kier alpha value is -1.62. The second-order valence-corrected chi connectivity index (χ2v) is 4.58. The van der Waals surface area contributed by atoms with E-state index in [4.69, 9.17) is 11.6 Å². The monoisotopic (exact) mass is 286 g/mol. The van der Waals surface area contributed by atoms with E-state index in [2.05, 4.69) is 5.32 Å². The molecule has 2 amide bonds. The lowest BCUT2D eigenvalue weighted by molar-refractivity contribution is -0.133. The molecule has 1 rings (SSSR count). The predicted molar refractivity (Wildman–Crippen MR) is 71.4 cm³/mol. The number of amides is 2. The van der Waals surface area contributed by atoms with Gasteiger partial charge in [-0.05, 0) is 18.6 Å². The minimum atomic E-state index is -0.386. The minimum absolute atomic E-state index is 0.0136. The highest BCUT2D eigenvalue weighted by Gasteiger charge is 2.10. The third kappa shape index (κ3) is 4.87. The Bertz CT molecular complexity index is 459. The second kappa shape index (κ2) is 7.09. The van der Waals surface area contributed by atoms with Gasteiger partial charge in [0.2, 0.25) is 11.8 Å². The van der Waals surface area contributed by atoms with Gasteiger partial charge in [-0.1, -0.05) is 17.7 Å². The fourth-order valence-electron chi connectivity index (χ4n) is 1.48. The first kappa shape index (κ1) is 15.4. The number of nitrogens with zero attached hydrogens (tertiary/aromatic N) is 1. The molecule has 1 aromatic rings. The second-order valence-electron chi connectivity index (χ2n) is 4.18. The summed E-state index contributed by atoms with van der Waals surface area (Å²) in [4.78, 5) is 23.7. The average molecular weight is 287 g/mol. The Balaban J connectivity index is 2.42. The lowest BCUT2D eigenvalue weighted by atomic mass is 10.1. The van der Waals surface area contributed by atoms with Crippen LogP contribution in [0.3, 0.4) is 0 Å². The molecule has 0 atom stereocenters. The van der Waals surface area contributed by atoms with Gasteiger partial charge in [0.25, 0.3) is 0 Å². The molecule has 0 unspecified atom stereocenters. The number of carbonyl (C=O) groups is 2. The van der Waals surface area contributed by atoms with Crippen LogP contribution in [0.5, 0.6) is 0 Å². The summed E-state index contributed by atoms with van der Waals surface area (Å²) in [6, 6.07) is 4.46. The molecule has 0 bridgehead atoms. The van der Waals surface area contributed by atoms with E-state index in [-0.39, 0.29) is 30.7 Å². The van der Waals surface area contributed by atoms with Crippen LogP contribution < -0.4 is 5.32 Å². The highest BCUT2D eigenvalue weighted by molar-refractivity contribution is 6.31. The van der Waals surface area contributed by atoms with Crippen molar-refractivity contribution in [3.63, 3.8) is 0 Å². The summed E-state index contributed by atoms with van der Waals surface area (Å²) in [5.74, 6) is -0.861. The first-order valence-electron chi connectivity index (χ1n) is 5.83. The lowest BCUT2D eigenvalue weighted by Crippen LogP contribution is -2.38. The topological polar surface area (TPSA) is 49.4 Å². The van der Waals surface area contributed by atoms with E-state index >= 15 is 0 Å². The maximum absolute atomic E-state index is 13.4. The normalized spacial score (nSPS) is 10.1. The van der Waals surface area contributed by atoms with Crippen molar-refractivity contribution in [1.82, 2.24) is 10.2 Å². The van der Waals surface area contributed by atoms with Crippen molar-refractivity contribution in [1.29, 1.82) is 0 Å². The zero-order chi connectivity index (χ0) is 14.4. The van der Waals surface area contributed by atoms with Crippen LogP contribution in [0.15, 0.2) is 18.2 Å². The van der Waals surface area contributed by atoms with Gasteiger partial charge in [-0.15, -0.1) is 0 Å². The number of carbonyl (C=O) groups excluding carboxylic acids is 2. The number of hydrogen-bond acceptors (Lipinski definition) is 2. The van der Waals surface area contributed by atoms with Crippen molar-refractivity contribution in [2.75, 3.05) is 20.1 Å². The minimum Gasteiger partial charge on any atom is -0.354 e. The Labute approximate surface area is 116 Å². The summed E-state index contributed by atoms with van der Waals surface area (Å²) < 4.78 is 13.4. The highest BCUT2D eigenvalue weighted by Crippen LogP contribution is 2.18. The molecular weight excluding hydrogens is 271 g/mol. The van der Waals surface area contributed by atoms with E-state index in [0.717, 1.165) is 0 Å². The van der Waals surface area contributed by atoms with Crippen LogP contribution in [0.4, 0.5) is 4.39 Å². The number of likely N-dealkylation sites (N-methyl/N-ethyl adjacent to an activating group) is 1. The van der Waals surface area contributed by atoms with Crippen LogP contribution in [-0.2, 0) is 16.0 Å². The fourth-order valence-corrected chi connectivity index (χ4v) is 1.74. The zero-order valence-corrected chi connectivity index (χ0v) is 11.6. The molecule has 4 nitrogen and oxygen atoms in total. The molecule has 0 aliphatic heterocycles. The van der Waals surface area contributed by atoms with Gasteiger partial charge in [0.15, 0.2) is 0 Å². The third-order valence-electron chi connectivity index (χ3n) is 2.68. The maximum atomic E-state index is 13.4. The third-order valence-corrected chi connectivity index (χ3v) is 3.03. The van der Waals surface area contributed by atoms with Crippen molar-refractivity contribution >= 4 is 23.4 Å². The lowest BCUT2D eigenvalue weighted by Gasteiger charge is -2.14. The molecule has 0 aliphatic carbocycles. The summed E-state index contributed by atoms with van der Waals surface area (Å²) in [5.41, 5.74) is 0.379. The van der Waals surface area contributed by atoms with Crippen LogP contribution >= 0.6 is 11.6 Å². The van der Waals surface area contributed by atoms with E-state index in [9.17, 15) is 14.0 Å². The van der Waals surface area contributed by atoms with Gasteiger partial charge in [0, 0.05) is 31.1 Å². The zero-order valence-electron chi connectivity index (χ0n) is 10.9. The Morgan fingerprint density at radius 3 is 2.68 bits per heavy atom. The Kier molecular flexibility index (Phi) is 5.76. The molecule has 0 spiro atoms. The molecule has 0 aromatic heterocycles. The highest BCUT2D eigenvalue weighted by atomic mass is 35.5. The van der Waals surface area contributed by atoms with Crippen LogP contribution in [0.1, 0.15) is 12.5 Å². The predicted octanol–water partition coefficient (Wildman–Crippen LogP) is 1.62. The molecule has 6 heteroatoms. The summed E-state index contributed by atoms with van der Waals surface area (Å²) in [7, 11) is 1.54. The SMILES string of the molecule is CC(=O)N(C)CC(=O)NCCc1c(F)cccc1Cl. The van der Waals surface area contributed by atoms with Crippen molar-refractivity contribution in [2.24, 2.45) is 0 Å². The molecule has 0 saturated carbocycles. The molecular formula is C13H16ClFN2O2. The number of hydrogen-bond donors (Lipinski definition) is 1. The van der Waals surface area contributed by atoms with Gasteiger partial charge in [0.1, 0.15) is 5.82 Å². The molecule has 104 valence electrons. The van der Waals surface area contributed by atoms with Gasteiger partial charge < -0.3 is 10.2 Å². The van der Waals surface area contributed by atoms with Crippen molar-refractivity contribution in [3.05, 3.63) is 34.6 Å². The molecule has 0 fully saturated rings. The molecule has 0 heterocycles. The summed E-state index contributed by atoms with van der Waals surface area (Å²) in [6.07, 6.45) is 0.307.